The van der Waals surface area contributed by atoms with Gasteiger partial charge in [0.25, 0.3) is 0 Å². The molecule has 0 aliphatic rings. The zero-order valence-corrected chi connectivity index (χ0v) is 8.86. The highest BCUT2D eigenvalue weighted by molar-refractivity contribution is 7.99. The van der Waals surface area contributed by atoms with E-state index in [0.717, 1.165) is 10.7 Å². The fourth-order valence-corrected chi connectivity index (χ4v) is 1.50. The molecule has 1 heterocycles. The molecule has 0 atom stereocenters. The molecule has 0 radical (unpaired) electrons. The highest BCUT2D eigenvalue weighted by Crippen LogP contribution is 2.15. The van der Waals surface area contributed by atoms with Crippen LogP contribution in [0.5, 0.6) is 0 Å². The monoisotopic (exact) mass is 221 g/mol. The molecule has 1 aromatic rings. The Morgan fingerprint density at radius 3 is 2.77 bits per heavy atom. The highest BCUT2D eigenvalue weighted by Gasteiger charge is 1.98. The van der Waals surface area contributed by atoms with Gasteiger partial charge in [0.15, 0.2) is 0 Å². The highest BCUT2D eigenvalue weighted by atomic mass is 35.5. The summed E-state index contributed by atoms with van der Waals surface area (Å²) in [6.45, 7) is 2.01. The first-order chi connectivity index (χ1) is 5.72. The quantitative estimate of drug-likeness (QED) is 0.586. The van der Waals surface area contributed by atoms with Gasteiger partial charge in [-0.1, -0.05) is 0 Å². The van der Waals surface area contributed by atoms with Crippen molar-refractivity contribution in [2.75, 3.05) is 18.1 Å². The van der Waals surface area contributed by atoms with Crippen LogP contribution < -0.4 is 5.73 Å². The number of halogens is 1. The maximum absolute atomic E-state index is 8.57. The maximum atomic E-state index is 8.57. The molecule has 0 aliphatic carbocycles. The van der Waals surface area contributed by atoms with E-state index in [0.29, 0.717) is 5.75 Å². The van der Waals surface area contributed by atoms with Gasteiger partial charge < -0.3 is 10.8 Å². The van der Waals surface area contributed by atoms with Gasteiger partial charge >= 0.3 is 0 Å². The first kappa shape index (κ1) is 12.5. The molecular weight excluding hydrogens is 210 g/mol. The number of aromatic nitrogens is 2. The van der Waals surface area contributed by atoms with Gasteiger partial charge in [-0.25, -0.2) is 9.97 Å². The van der Waals surface area contributed by atoms with Crippen LogP contribution in [0.1, 0.15) is 5.69 Å². The largest absolute Gasteiger partial charge is 0.396 e. The molecule has 4 nitrogen and oxygen atoms in total. The molecule has 1 rings (SSSR count). The second-order valence-electron chi connectivity index (χ2n) is 2.28. The molecular formula is C7H12ClN3OS. The number of hydrogen-bond donors (Lipinski definition) is 2. The van der Waals surface area contributed by atoms with Crippen molar-refractivity contribution in [1.82, 2.24) is 9.97 Å². The van der Waals surface area contributed by atoms with Crippen LogP contribution in [0.25, 0.3) is 0 Å². The normalized spacial score (nSPS) is 9.38. The second-order valence-corrected chi connectivity index (χ2v) is 3.39. The molecule has 3 N–H and O–H groups in total. The van der Waals surface area contributed by atoms with Crippen molar-refractivity contribution >= 4 is 30.1 Å². The van der Waals surface area contributed by atoms with Gasteiger partial charge in [0.05, 0.1) is 6.61 Å². The second kappa shape index (κ2) is 6.01. The molecule has 6 heteroatoms. The van der Waals surface area contributed by atoms with E-state index in [1.54, 1.807) is 0 Å². The van der Waals surface area contributed by atoms with Crippen molar-refractivity contribution in [2.45, 2.75) is 11.9 Å². The maximum Gasteiger partial charge on any atom is 0.221 e. The molecule has 0 aliphatic heterocycles. The SMILES string of the molecule is Cc1cc(SCCO)nc(N)n1.Cl. The summed E-state index contributed by atoms with van der Waals surface area (Å²) in [4.78, 5) is 7.92. The fourth-order valence-electron chi connectivity index (χ4n) is 0.786. The summed E-state index contributed by atoms with van der Waals surface area (Å²) in [5.74, 6) is 0.922. The van der Waals surface area contributed by atoms with Crippen LogP contribution in [-0.2, 0) is 0 Å². The van der Waals surface area contributed by atoms with E-state index in [1.807, 2.05) is 13.0 Å². The van der Waals surface area contributed by atoms with Crippen LogP contribution >= 0.6 is 24.2 Å². The lowest BCUT2D eigenvalue weighted by Crippen LogP contribution is -1.98. The molecule has 0 saturated heterocycles. The Hall–Kier alpha value is -0.520. The van der Waals surface area contributed by atoms with Crippen LogP contribution in [0.15, 0.2) is 11.1 Å². The number of anilines is 1. The van der Waals surface area contributed by atoms with Gasteiger partial charge in [0.2, 0.25) is 5.95 Å². The Balaban J connectivity index is 0.00000144. The van der Waals surface area contributed by atoms with E-state index in [1.165, 1.54) is 11.8 Å². The number of nitrogens with zero attached hydrogens (tertiary/aromatic N) is 2. The minimum absolute atomic E-state index is 0. The molecule has 0 unspecified atom stereocenters. The molecule has 13 heavy (non-hydrogen) atoms. The van der Waals surface area contributed by atoms with Crippen LogP contribution in [-0.4, -0.2) is 27.4 Å². The Labute approximate surface area is 87.4 Å². The Bertz CT molecular complexity index is 252. The van der Waals surface area contributed by atoms with Gasteiger partial charge in [-0.2, -0.15) is 0 Å². The smallest absolute Gasteiger partial charge is 0.221 e. The summed E-state index contributed by atoms with van der Waals surface area (Å²) in [7, 11) is 0. The zero-order chi connectivity index (χ0) is 8.97. The number of aryl methyl sites for hydroxylation is 1. The Morgan fingerprint density at radius 2 is 2.23 bits per heavy atom. The minimum atomic E-state index is 0. The number of nitrogens with two attached hydrogens (primary N) is 1. The average Bonchev–Trinajstić information content (AvgIpc) is 1.99. The first-order valence-electron chi connectivity index (χ1n) is 3.57. The molecule has 0 amide bonds. The van der Waals surface area contributed by atoms with E-state index in [2.05, 4.69) is 9.97 Å². The number of thioether (sulfide) groups is 1. The lowest BCUT2D eigenvalue weighted by molar-refractivity contribution is 0.322. The van der Waals surface area contributed by atoms with Gasteiger partial charge in [-0.05, 0) is 13.0 Å². The molecule has 0 fully saturated rings. The molecule has 0 bridgehead atoms. The third-order valence-corrected chi connectivity index (χ3v) is 2.08. The van der Waals surface area contributed by atoms with Crippen molar-refractivity contribution in [1.29, 1.82) is 0 Å². The fraction of sp³-hybridized carbons (Fsp3) is 0.429. The number of aliphatic hydroxyl groups is 1. The number of rotatable bonds is 3. The van der Waals surface area contributed by atoms with Crippen LogP contribution in [0.2, 0.25) is 0 Å². The third-order valence-electron chi connectivity index (χ3n) is 1.19. The zero-order valence-electron chi connectivity index (χ0n) is 7.23. The summed E-state index contributed by atoms with van der Waals surface area (Å²) in [5, 5.41) is 9.38. The Morgan fingerprint density at radius 1 is 1.54 bits per heavy atom. The van der Waals surface area contributed by atoms with Gasteiger partial charge in [-0.15, -0.1) is 24.2 Å². The molecule has 0 saturated carbocycles. The van der Waals surface area contributed by atoms with E-state index < -0.39 is 0 Å². The van der Waals surface area contributed by atoms with Crippen molar-refractivity contribution < 1.29 is 5.11 Å². The van der Waals surface area contributed by atoms with E-state index in [-0.39, 0.29) is 25.0 Å². The van der Waals surface area contributed by atoms with Crippen molar-refractivity contribution in [2.24, 2.45) is 0 Å². The van der Waals surface area contributed by atoms with Crippen LogP contribution in [0.3, 0.4) is 0 Å². The lowest BCUT2D eigenvalue weighted by Gasteiger charge is -2.00. The standard InChI is InChI=1S/C7H11N3OS.ClH/c1-5-4-6(12-3-2-11)10-7(8)9-5;/h4,11H,2-3H2,1H3,(H2,8,9,10);1H. The summed E-state index contributed by atoms with van der Waals surface area (Å²) >= 11 is 1.47. The third kappa shape index (κ3) is 4.31. The van der Waals surface area contributed by atoms with Crippen LogP contribution in [0, 0.1) is 6.92 Å². The number of nitrogen functional groups attached to an aromatic ring is 1. The van der Waals surface area contributed by atoms with Gasteiger partial charge in [-0.3, -0.25) is 0 Å². The van der Waals surface area contributed by atoms with E-state index >= 15 is 0 Å². The summed E-state index contributed by atoms with van der Waals surface area (Å²) in [6, 6.07) is 1.84. The van der Waals surface area contributed by atoms with Crippen molar-refractivity contribution in [3.05, 3.63) is 11.8 Å². The number of hydrogen-bond acceptors (Lipinski definition) is 5. The van der Waals surface area contributed by atoms with Gasteiger partial charge in [0, 0.05) is 11.4 Å². The van der Waals surface area contributed by atoms with E-state index in [9.17, 15) is 0 Å². The lowest BCUT2D eigenvalue weighted by atomic mass is 10.5. The van der Waals surface area contributed by atoms with Gasteiger partial charge in [0.1, 0.15) is 5.03 Å². The molecule has 0 aromatic carbocycles. The summed E-state index contributed by atoms with van der Waals surface area (Å²) in [6.07, 6.45) is 0. The molecule has 1 aromatic heterocycles. The van der Waals surface area contributed by atoms with Crippen molar-refractivity contribution in [3.8, 4) is 0 Å². The minimum Gasteiger partial charge on any atom is -0.396 e. The van der Waals surface area contributed by atoms with Crippen LogP contribution in [0.4, 0.5) is 5.95 Å². The van der Waals surface area contributed by atoms with Crippen molar-refractivity contribution in [3.63, 3.8) is 0 Å². The predicted molar refractivity (Wildman–Crippen MR) is 56.2 cm³/mol. The summed E-state index contributed by atoms with van der Waals surface area (Å²) < 4.78 is 0. The predicted octanol–water partition coefficient (Wildman–Crippen LogP) is 0.873. The average molecular weight is 222 g/mol. The first-order valence-corrected chi connectivity index (χ1v) is 4.56. The Kier molecular flexibility index (Phi) is 5.77. The molecule has 0 spiro atoms. The number of aliphatic hydroxyl groups excluding tert-OH is 1. The summed E-state index contributed by atoms with van der Waals surface area (Å²) in [5.41, 5.74) is 6.28. The topological polar surface area (TPSA) is 72.0 Å². The van der Waals surface area contributed by atoms with E-state index in [4.69, 9.17) is 10.8 Å². The molecule has 74 valence electrons.